The van der Waals surface area contributed by atoms with Gasteiger partial charge in [-0.05, 0) is 88.9 Å². The first kappa shape index (κ1) is 40.7. The Morgan fingerprint density at radius 1 is 0.786 bits per heavy atom. The highest BCUT2D eigenvalue weighted by Gasteiger charge is 2.24. The van der Waals surface area contributed by atoms with Gasteiger partial charge in [0.1, 0.15) is 12.4 Å². The van der Waals surface area contributed by atoms with Crippen molar-refractivity contribution < 1.29 is 19.1 Å². The molecule has 3 aromatic heterocycles. The van der Waals surface area contributed by atoms with E-state index in [1.54, 1.807) is 50.0 Å². The second-order valence-corrected chi connectivity index (χ2v) is 14.9. The fourth-order valence-corrected chi connectivity index (χ4v) is 5.37. The molecule has 0 fully saturated rings. The van der Waals surface area contributed by atoms with Crippen molar-refractivity contribution in [3.8, 4) is 11.6 Å². The lowest BCUT2D eigenvalue weighted by Gasteiger charge is -2.16. The monoisotopic (exact) mass is 755 g/mol. The topological polar surface area (TPSA) is 143 Å². The van der Waals surface area contributed by atoms with Crippen LogP contribution in [0.2, 0.25) is 0 Å². The average Bonchev–Trinajstić information content (AvgIpc) is 3.59. The first-order valence-corrected chi connectivity index (χ1v) is 18.5. The van der Waals surface area contributed by atoms with Gasteiger partial charge in [-0.3, -0.25) is 19.5 Å². The third-order valence-electron chi connectivity index (χ3n) is 8.55. The maximum atomic E-state index is 12.6. The quantitative estimate of drug-likeness (QED) is 0.0966. The van der Waals surface area contributed by atoms with E-state index in [4.69, 9.17) is 9.47 Å². The van der Waals surface area contributed by atoms with Crippen LogP contribution in [0.1, 0.15) is 82.9 Å². The molecule has 0 saturated heterocycles. The molecule has 0 radical (unpaired) electrons. The second kappa shape index (κ2) is 18.3. The highest BCUT2D eigenvalue weighted by molar-refractivity contribution is 5.91. The number of carbonyl (C=O) groups is 2. The molecular formula is C44H49N7O5. The molecule has 1 amide bonds. The number of nitrogens with one attached hydrogen (secondary N) is 1. The van der Waals surface area contributed by atoms with Gasteiger partial charge in [-0.1, -0.05) is 79.4 Å². The van der Waals surface area contributed by atoms with Crippen molar-refractivity contribution in [1.82, 2.24) is 29.1 Å². The molecule has 0 saturated carbocycles. The van der Waals surface area contributed by atoms with Crippen LogP contribution in [0.4, 0.5) is 5.95 Å². The number of ether oxygens (including phenoxy) is 2. The minimum absolute atomic E-state index is 0.101. The number of allylic oxidation sites excluding steroid dienone is 1. The summed E-state index contributed by atoms with van der Waals surface area (Å²) in [5.74, 6) is 0.347. The van der Waals surface area contributed by atoms with Crippen molar-refractivity contribution in [1.29, 1.82) is 0 Å². The van der Waals surface area contributed by atoms with E-state index in [1.165, 1.54) is 0 Å². The third kappa shape index (κ3) is 11.1. The first-order valence-electron chi connectivity index (χ1n) is 18.5. The Morgan fingerprint density at radius 2 is 1.43 bits per heavy atom. The van der Waals surface area contributed by atoms with E-state index in [1.807, 2.05) is 111 Å². The maximum Gasteiger partial charge on any atom is 0.348 e. The van der Waals surface area contributed by atoms with Gasteiger partial charge in [0.2, 0.25) is 17.7 Å². The summed E-state index contributed by atoms with van der Waals surface area (Å²) >= 11 is 0. The molecule has 0 aliphatic heterocycles. The molecule has 0 atom stereocenters. The van der Waals surface area contributed by atoms with Gasteiger partial charge in [-0.25, -0.2) is 9.78 Å². The predicted octanol–water partition coefficient (Wildman–Crippen LogP) is 8.20. The Morgan fingerprint density at radius 3 is 2.04 bits per heavy atom. The van der Waals surface area contributed by atoms with E-state index < -0.39 is 5.41 Å². The van der Waals surface area contributed by atoms with Crippen molar-refractivity contribution in [3.05, 3.63) is 143 Å². The number of fused-ring (bicyclic) bond motifs is 1. The molecule has 6 rings (SSSR count). The van der Waals surface area contributed by atoms with Crippen molar-refractivity contribution in [3.63, 3.8) is 0 Å². The molecule has 0 aliphatic carbocycles. The summed E-state index contributed by atoms with van der Waals surface area (Å²) in [6, 6.07) is 28.6. The van der Waals surface area contributed by atoms with E-state index in [-0.39, 0.29) is 54.5 Å². The minimum Gasteiger partial charge on any atom is -0.471 e. The third-order valence-corrected chi connectivity index (χ3v) is 8.55. The summed E-state index contributed by atoms with van der Waals surface area (Å²) in [5.41, 5.74) is 4.83. The average molecular weight is 756 g/mol. The molecule has 0 aliphatic rings. The Kier molecular flexibility index (Phi) is 13.3. The number of esters is 1. The van der Waals surface area contributed by atoms with Crippen molar-refractivity contribution >= 4 is 34.6 Å². The maximum absolute atomic E-state index is 12.6. The Hall–Kier alpha value is -6.43. The number of hydrogen-bond acceptors (Lipinski definition) is 9. The number of nitrogens with zero attached hydrogens (tertiary/aromatic N) is 6. The van der Waals surface area contributed by atoms with Gasteiger partial charge in [0, 0.05) is 24.7 Å². The zero-order valence-corrected chi connectivity index (χ0v) is 33.0. The van der Waals surface area contributed by atoms with Crippen LogP contribution in [0.25, 0.3) is 16.7 Å². The number of benzene rings is 3. The molecule has 0 bridgehead atoms. The minimum atomic E-state index is -0.590. The van der Waals surface area contributed by atoms with Gasteiger partial charge in [0.25, 0.3) is 0 Å². The van der Waals surface area contributed by atoms with E-state index in [9.17, 15) is 14.4 Å². The van der Waals surface area contributed by atoms with Crippen LogP contribution < -0.4 is 20.5 Å². The second-order valence-electron chi connectivity index (χ2n) is 14.9. The highest BCUT2D eigenvalue weighted by atomic mass is 16.5. The largest absolute Gasteiger partial charge is 0.471 e. The fourth-order valence-electron chi connectivity index (χ4n) is 5.37. The van der Waals surface area contributed by atoms with Crippen LogP contribution >= 0.6 is 0 Å². The van der Waals surface area contributed by atoms with E-state index in [0.717, 1.165) is 28.0 Å². The van der Waals surface area contributed by atoms with Crippen molar-refractivity contribution in [2.45, 2.75) is 80.0 Å². The number of amides is 1. The van der Waals surface area contributed by atoms with Crippen molar-refractivity contribution in [2.24, 2.45) is 5.41 Å². The number of aromatic nitrogens is 6. The molecule has 6 aromatic rings. The lowest BCUT2D eigenvalue weighted by atomic mass is 9.97. The standard InChI is InChI=1S/C28H31N5O4.C16H18N2O/c1-18(2)33-17-29-23-24(33)31-27(30-22(34)15-19-9-7-6-8-10-19)32-25(23)36-16-20-11-13-21(14-12-20)37-26(35)28(3,4)5;1-12(2)18-10-9-15(17-16(18)19)11-13(3)14-7-5-4-6-8-14/h6-14,17-18H,15-16H2,1-5H3,(H,30,31,32,34);4-10,12H,3,11H2,1-2H3. The van der Waals surface area contributed by atoms with Crippen molar-refractivity contribution in [2.75, 3.05) is 5.32 Å². The van der Waals surface area contributed by atoms with Gasteiger partial charge in [0.15, 0.2) is 11.2 Å². The molecule has 1 N–H and O–H groups in total. The molecule has 56 heavy (non-hydrogen) atoms. The molecule has 0 spiro atoms. The summed E-state index contributed by atoms with van der Waals surface area (Å²) in [5, 5.41) is 2.78. The lowest BCUT2D eigenvalue weighted by molar-refractivity contribution is -0.143. The van der Waals surface area contributed by atoms with Gasteiger partial charge in [0.05, 0.1) is 23.9 Å². The number of imidazole rings is 1. The van der Waals surface area contributed by atoms with Gasteiger partial charge in [-0.15, -0.1) is 0 Å². The van der Waals surface area contributed by atoms with Gasteiger partial charge < -0.3 is 14.0 Å². The molecule has 12 heteroatoms. The molecule has 12 nitrogen and oxygen atoms in total. The van der Waals surface area contributed by atoms with E-state index >= 15 is 0 Å². The van der Waals surface area contributed by atoms with Crippen LogP contribution in [0.3, 0.4) is 0 Å². The van der Waals surface area contributed by atoms with Crippen LogP contribution in [0, 0.1) is 5.41 Å². The summed E-state index contributed by atoms with van der Waals surface area (Å²) in [6.07, 6.45) is 4.28. The fraction of sp³-hybridized carbons (Fsp3) is 0.295. The van der Waals surface area contributed by atoms with Crippen LogP contribution in [-0.2, 0) is 29.0 Å². The summed E-state index contributed by atoms with van der Waals surface area (Å²) < 4.78 is 15.0. The van der Waals surface area contributed by atoms with Gasteiger partial charge in [-0.2, -0.15) is 15.0 Å². The Balaban J connectivity index is 0.000000265. The molecular weight excluding hydrogens is 707 g/mol. The van der Waals surface area contributed by atoms with Gasteiger partial charge >= 0.3 is 11.7 Å². The number of anilines is 1. The number of rotatable bonds is 12. The van der Waals surface area contributed by atoms with E-state index in [2.05, 4.69) is 31.8 Å². The van der Waals surface area contributed by atoms with Crippen LogP contribution in [0.5, 0.6) is 11.6 Å². The van der Waals surface area contributed by atoms with Crippen LogP contribution in [0.15, 0.2) is 115 Å². The Bertz CT molecular complexity index is 2330. The zero-order valence-electron chi connectivity index (χ0n) is 33.0. The summed E-state index contributed by atoms with van der Waals surface area (Å²) in [4.78, 5) is 54.1. The van der Waals surface area contributed by atoms with Crippen LogP contribution in [-0.4, -0.2) is 40.9 Å². The molecule has 3 aromatic carbocycles. The SMILES string of the molecule is C=C(Cc1ccn(C(C)C)c(=O)n1)c1ccccc1.CC(C)n1cnc2c(OCc3ccc(OC(=O)C(C)(C)C)cc3)nc(NC(=O)Cc3ccccc3)nc21. The number of hydrogen-bond donors (Lipinski definition) is 1. The highest BCUT2D eigenvalue weighted by Crippen LogP contribution is 2.27. The first-order chi connectivity index (χ1) is 26.7. The predicted molar refractivity (Wildman–Crippen MR) is 218 cm³/mol. The van der Waals surface area contributed by atoms with E-state index in [0.29, 0.717) is 23.3 Å². The zero-order chi connectivity index (χ0) is 40.4. The Labute approximate surface area is 327 Å². The smallest absolute Gasteiger partial charge is 0.348 e. The summed E-state index contributed by atoms with van der Waals surface area (Å²) in [7, 11) is 0. The lowest BCUT2D eigenvalue weighted by Crippen LogP contribution is -2.25. The summed E-state index contributed by atoms with van der Waals surface area (Å²) in [6.45, 7) is 17.6. The molecule has 0 unspecified atom stereocenters. The molecule has 3 heterocycles. The normalized spacial score (nSPS) is 11.2. The molecule has 290 valence electrons. The number of carbonyl (C=O) groups excluding carboxylic acids is 2.